The molecule has 0 bridgehead atoms. The summed E-state index contributed by atoms with van der Waals surface area (Å²) >= 11 is 0. The van der Waals surface area contributed by atoms with E-state index < -0.39 is 17.6 Å². The molecule has 3 heterocycles. The maximum absolute atomic E-state index is 13.7. The van der Waals surface area contributed by atoms with Crippen molar-refractivity contribution in [2.45, 2.75) is 12.8 Å². The van der Waals surface area contributed by atoms with Gasteiger partial charge in [-0.25, -0.2) is 9.37 Å². The third kappa shape index (κ3) is 5.13. The van der Waals surface area contributed by atoms with E-state index in [9.17, 15) is 22.4 Å². The average Bonchev–Trinajstić information content (AvgIpc) is 3.36. The summed E-state index contributed by atoms with van der Waals surface area (Å²) in [6, 6.07) is 11.2. The monoisotopic (exact) mass is 513 g/mol. The third-order valence-corrected chi connectivity index (χ3v) is 5.24. The standard InChI is InChI=1S/C25H15F4N3O5/c1-34-23-5-2-13(11-30-23)20-10-19(33)18-4-3-17(9-21(18)36-20)35-12-22-31-24(37-32-22)14-6-15(25(27,28)29)8-16(26)7-14/h2-11H,12H2,1H3. The quantitative estimate of drug-likeness (QED) is 0.269. The number of ether oxygens (including phenoxy) is 2. The summed E-state index contributed by atoms with van der Waals surface area (Å²) in [5.41, 5.74) is -0.852. The van der Waals surface area contributed by atoms with E-state index in [1.165, 1.54) is 37.6 Å². The number of aromatic nitrogens is 3. The van der Waals surface area contributed by atoms with Gasteiger partial charge in [0, 0.05) is 35.5 Å². The van der Waals surface area contributed by atoms with Crippen LogP contribution < -0.4 is 14.9 Å². The van der Waals surface area contributed by atoms with Crippen molar-refractivity contribution in [2.24, 2.45) is 0 Å². The van der Waals surface area contributed by atoms with Crippen LogP contribution in [0.1, 0.15) is 11.4 Å². The lowest BCUT2D eigenvalue weighted by atomic mass is 10.1. The van der Waals surface area contributed by atoms with Crippen LogP contribution in [0.15, 0.2) is 74.5 Å². The Morgan fingerprint density at radius 3 is 2.57 bits per heavy atom. The van der Waals surface area contributed by atoms with Crippen molar-refractivity contribution in [3.8, 4) is 34.4 Å². The second-order valence-corrected chi connectivity index (χ2v) is 7.75. The molecule has 0 unspecified atom stereocenters. The SMILES string of the molecule is COc1ccc(-c2cc(=O)c3ccc(OCc4noc(-c5cc(F)cc(C(F)(F)F)c5)n4)cc3o2)cn1. The number of hydrogen-bond acceptors (Lipinski definition) is 8. The Morgan fingerprint density at radius 1 is 1.00 bits per heavy atom. The summed E-state index contributed by atoms with van der Waals surface area (Å²) in [6.07, 6.45) is -3.23. The van der Waals surface area contributed by atoms with Crippen LogP contribution in [-0.4, -0.2) is 22.2 Å². The van der Waals surface area contributed by atoms with Gasteiger partial charge in [-0.05, 0) is 36.4 Å². The molecule has 0 radical (unpaired) electrons. The normalized spacial score (nSPS) is 11.6. The van der Waals surface area contributed by atoms with Crippen molar-refractivity contribution < 1.29 is 36.0 Å². The zero-order chi connectivity index (χ0) is 26.2. The molecule has 5 aromatic rings. The summed E-state index contributed by atoms with van der Waals surface area (Å²) in [6.45, 7) is -0.219. The van der Waals surface area contributed by atoms with E-state index in [4.69, 9.17) is 18.4 Å². The van der Waals surface area contributed by atoms with Crippen molar-refractivity contribution in [1.82, 2.24) is 15.1 Å². The first-order valence-corrected chi connectivity index (χ1v) is 10.6. The number of nitrogens with zero attached hydrogens (tertiary/aromatic N) is 3. The Morgan fingerprint density at radius 2 is 1.84 bits per heavy atom. The fourth-order valence-electron chi connectivity index (χ4n) is 3.47. The lowest BCUT2D eigenvalue weighted by Gasteiger charge is -2.07. The lowest BCUT2D eigenvalue weighted by molar-refractivity contribution is -0.137. The van der Waals surface area contributed by atoms with Gasteiger partial charge >= 0.3 is 6.18 Å². The number of hydrogen-bond donors (Lipinski definition) is 0. The Hall–Kier alpha value is -4.74. The van der Waals surface area contributed by atoms with Crippen LogP contribution in [0.4, 0.5) is 17.6 Å². The molecule has 0 spiro atoms. The summed E-state index contributed by atoms with van der Waals surface area (Å²) in [4.78, 5) is 20.6. The van der Waals surface area contributed by atoms with Crippen LogP contribution >= 0.6 is 0 Å². The summed E-state index contributed by atoms with van der Waals surface area (Å²) < 4.78 is 74.1. The second-order valence-electron chi connectivity index (χ2n) is 7.75. The molecule has 12 heteroatoms. The first kappa shape index (κ1) is 24.0. The number of rotatable bonds is 6. The summed E-state index contributed by atoms with van der Waals surface area (Å²) in [5, 5.41) is 3.99. The van der Waals surface area contributed by atoms with Crippen molar-refractivity contribution in [1.29, 1.82) is 0 Å². The maximum atomic E-state index is 13.7. The van der Waals surface area contributed by atoms with Crippen LogP contribution in [0.2, 0.25) is 0 Å². The Bertz CT molecular complexity index is 1650. The van der Waals surface area contributed by atoms with Gasteiger partial charge in [0.05, 0.1) is 18.1 Å². The molecule has 0 fully saturated rings. The van der Waals surface area contributed by atoms with E-state index in [0.29, 0.717) is 40.5 Å². The van der Waals surface area contributed by atoms with E-state index in [1.54, 1.807) is 12.1 Å². The molecule has 0 aliphatic heterocycles. The fourth-order valence-corrected chi connectivity index (χ4v) is 3.47. The van der Waals surface area contributed by atoms with Gasteiger partial charge in [-0.1, -0.05) is 5.16 Å². The van der Waals surface area contributed by atoms with Crippen LogP contribution in [-0.2, 0) is 12.8 Å². The van der Waals surface area contributed by atoms with Gasteiger partial charge in [-0.3, -0.25) is 4.79 Å². The van der Waals surface area contributed by atoms with Gasteiger partial charge in [-0.2, -0.15) is 18.2 Å². The van der Waals surface area contributed by atoms with Gasteiger partial charge in [0.15, 0.2) is 12.0 Å². The molecule has 0 aliphatic rings. The molecule has 0 aliphatic carbocycles. The molecular weight excluding hydrogens is 498 g/mol. The molecule has 0 amide bonds. The van der Waals surface area contributed by atoms with Gasteiger partial charge < -0.3 is 18.4 Å². The van der Waals surface area contributed by atoms with E-state index >= 15 is 0 Å². The first-order chi connectivity index (χ1) is 17.7. The highest BCUT2D eigenvalue weighted by atomic mass is 19.4. The summed E-state index contributed by atoms with van der Waals surface area (Å²) in [7, 11) is 1.49. The van der Waals surface area contributed by atoms with Crippen LogP contribution in [0.25, 0.3) is 33.7 Å². The van der Waals surface area contributed by atoms with Crippen molar-refractivity contribution >= 4 is 11.0 Å². The molecule has 0 N–H and O–H groups in total. The molecule has 5 rings (SSSR count). The molecule has 0 saturated carbocycles. The second kappa shape index (κ2) is 9.37. The lowest BCUT2D eigenvalue weighted by Crippen LogP contribution is -2.05. The smallest absolute Gasteiger partial charge is 0.416 e. The minimum Gasteiger partial charge on any atom is -0.485 e. The van der Waals surface area contributed by atoms with Crippen LogP contribution in [0.5, 0.6) is 11.6 Å². The fraction of sp³-hybridized carbons (Fsp3) is 0.120. The van der Waals surface area contributed by atoms with E-state index in [-0.39, 0.29) is 34.9 Å². The molecule has 188 valence electrons. The number of fused-ring (bicyclic) bond motifs is 1. The average molecular weight is 513 g/mol. The highest BCUT2D eigenvalue weighted by Gasteiger charge is 2.32. The number of alkyl halides is 3. The largest absolute Gasteiger partial charge is 0.485 e. The molecule has 3 aromatic heterocycles. The minimum atomic E-state index is -4.74. The van der Waals surface area contributed by atoms with Crippen molar-refractivity contribution in [2.75, 3.05) is 7.11 Å². The van der Waals surface area contributed by atoms with Gasteiger partial charge in [0.25, 0.3) is 5.89 Å². The predicted octanol–water partition coefficient (Wildman–Crippen LogP) is 5.65. The van der Waals surface area contributed by atoms with Crippen LogP contribution in [0.3, 0.4) is 0 Å². The number of halogens is 4. The summed E-state index contributed by atoms with van der Waals surface area (Å²) in [5.74, 6) is -0.384. The third-order valence-electron chi connectivity index (χ3n) is 5.24. The minimum absolute atomic E-state index is 0.00688. The predicted molar refractivity (Wildman–Crippen MR) is 121 cm³/mol. The highest BCUT2D eigenvalue weighted by Crippen LogP contribution is 2.33. The number of methoxy groups -OCH3 is 1. The topological polar surface area (TPSA) is 100 Å². The Balaban J connectivity index is 1.36. The van der Waals surface area contributed by atoms with E-state index in [2.05, 4.69) is 15.1 Å². The van der Waals surface area contributed by atoms with E-state index in [0.717, 1.165) is 6.07 Å². The number of benzene rings is 2. The zero-order valence-electron chi connectivity index (χ0n) is 18.9. The van der Waals surface area contributed by atoms with Gasteiger partial charge in [0.1, 0.15) is 22.9 Å². The van der Waals surface area contributed by atoms with Gasteiger partial charge in [-0.15, -0.1) is 0 Å². The molecule has 0 saturated heterocycles. The molecular formula is C25H15F4N3O5. The Labute approximate surface area is 205 Å². The molecule has 37 heavy (non-hydrogen) atoms. The zero-order valence-corrected chi connectivity index (χ0v) is 18.9. The molecule has 2 aromatic carbocycles. The van der Waals surface area contributed by atoms with Crippen molar-refractivity contribution in [3.63, 3.8) is 0 Å². The highest BCUT2D eigenvalue weighted by molar-refractivity contribution is 5.80. The van der Waals surface area contributed by atoms with Crippen molar-refractivity contribution in [3.05, 3.63) is 88.2 Å². The maximum Gasteiger partial charge on any atom is 0.416 e. The van der Waals surface area contributed by atoms with E-state index in [1.807, 2.05) is 0 Å². The Kier molecular flexibility index (Phi) is 6.07. The first-order valence-electron chi connectivity index (χ1n) is 10.6. The molecule has 8 nitrogen and oxygen atoms in total. The van der Waals surface area contributed by atoms with Gasteiger partial charge in [0.2, 0.25) is 11.7 Å². The van der Waals surface area contributed by atoms with Crippen LogP contribution in [0, 0.1) is 5.82 Å². The number of pyridine rings is 1. The molecule has 0 atom stereocenters.